The van der Waals surface area contributed by atoms with Crippen molar-refractivity contribution < 1.29 is 13.2 Å². The van der Waals surface area contributed by atoms with Crippen LogP contribution >= 0.6 is 0 Å². The van der Waals surface area contributed by atoms with Crippen LogP contribution in [0.5, 0.6) is 0 Å². The van der Waals surface area contributed by atoms with Crippen LogP contribution in [0.25, 0.3) is 0 Å². The van der Waals surface area contributed by atoms with Gasteiger partial charge in [-0.05, 0) is 76.3 Å². The average Bonchev–Trinajstić information content (AvgIpc) is 2.67. The van der Waals surface area contributed by atoms with Crippen LogP contribution in [0, 0.1) is 33.6 Å². The SMILES string of the molecule is CCN(C(=O)C1CCN(S(=O)(=O)c2c(C)cc(C)cc2C)CC1)c1cccc(C)c1. The number of aryl methyl sites for hydroxylation is 4. The van der Waals surface area contributed by atoms with Gasteiger partial charge in [0.05, 0.1) is 4.90 Å². The minimum absolute atomic E-state index is 0.0860. The fourth-order valence-corrected chi connectivity index (χ4v) is 6.41. The zero-order valence-electron chi connectivity index (χ0n) is 18.6. The predicted molar refractivity (Wildman–Crippen MR) is 121 cm³/mol. The summed E-state index contributed by atoms with van der Waals surface area (Å²) in [7, 11) is -3.56. The van der Waals surface area contributed by atoms with Crippen LogP contribution in [0.2, 0.25) is 0 Å². The molecule has 0 saturated carbocycles. The Morgan fingerprint density at radius 2 is 1.60 bits per heavy atom. The maximum Gasteiger partial charge on any atom is 0.243 e. The molecule has 1 saturated heterocycles. The van der Waals surface area contributed by atoms with Gasteiger partial charge in [0.2, 0.25) is 15.9 Å². The Morgan fingerprint density at radius 1 is 1.00 bits per heavy atom. The maximum atomic E-state index is 13.3. The van der Waals surface area contributed by atoms with Crippen molar-refractivity contribution in [2.24, 2.45) is 5.92 Å². The molecule has 5 nitrogen and oxygen atoms in total. The first-order chi connectivity index (χ1) is 14.1. The van der Waals surface area contributed by atoms with Gasteiger partial charge < -0.3 is 4.90 Å². The Balaban J connectivity index is 1.75. The summed E-state index contributed by atoms with van der Waals surface area (Å²) in [5, 5.41) is 0. The summed E-state index contributed by atoms with van der Waals surface area (Å²) in [5.74, 6) is -0.0695. The third kappa shape index (κ3) is 4.44. The van der Waals surface area contributed by atoms with Crippen molar-refractivity contribution in [3.05, 3.63) is 58.7 Å². The standard InChI is InChI=1S/C24H32N2O3S/c1-6-26(22-9-7-8-17(2)16-22)24(27)21-10-12-25(13-11-21)30(28,29)23-19(4)14-18(3)15-20(23)5/h7-9,14-16,21H,6,10-13H2,1-5H3. The van der Waals surface area contributed by atoms with E-state index >= 15 is 0 Å². The molecule has 2 aromatic rings. The third-order valence-corrected chi connectivity index (χ3v) is 8.11. The van der Waals surface area contributed by atoms with Gasteiger partial charge in [-0.2, -0.15) is 4.31 Å². The van der Waals surface area contributed by atoms with Crippen molar-refractivity contribution in [3.8, 4) is 0 Å². The van der Waals surface area contributed by atoms with E-state index in [0.717, 1.165) is 27.9 Å². The molecule has 0 unspecified atom stereocenters. The maximum absolute atomic E-state index is 13.3. The Bertz CT molecular complexity index is 1020. The molecular formula is C24H32N2O3S. The van der Waals surface area contributed by atoms with Gasteiger partial charge in [0.25, 0.3) is 0 Å². The number of benzene rings is 2. The first-order valence-electron chi connectivity index (χ1n) is 10.6. The highest BCUT2D eigenvalue weighted by Gasteiger charge is 2.35. The number of piperidine rings is 1. The molecule has 0 aromatic heterocycles. The summed E-state index contributed by atoms with van der Waals surface area (Å²) < 4.78 is 28.1. The number of rotatable bonds is 5. The number of carbonyl (C=O) groups is 1. The molecule has 3 rings (SSSR count). The van der Waals surface area contributed by atoms with Gasteiger partial charge in [-0.15, -0.1) is 0 Å². The second kappa shape index (κ2) is 8.90. The molecule has 1 fully saturated rings. The zero-order chi connectivity index (χ0) is 22.1. The summed E-state index contributed by atoms with van der Waals surface area (Å²) in [4.78, 5) is 15.4. The lowest BCUT2D eigenvalue weighted by molar-refractivity contribution is -0.123. The van der Waals surface area contributed by atoms with E-state index in [0.29, 0.717) is 37.4 Å². The Morgan fingerprint density at radius 3 is 2.13 bits per heavy atom. The molecule has 0 radical (unpaired) electrons. The number of nitrogens with zero attached hydrogens (tertiary/aromatic N) is 2. The fourth-order valence-electron chi connectivity index (χ4n) is 4.53. The number of hydrogen-bond donors (Lipinski definition) is 0. The van der Waals surface area contributed by atoms with E-state index in [-0.39, 0.29) is 11.8 Å². The van der Waals surface area contributed by atoms with Crippen LogP contribution < -0.4 is 4.90 Å². The molecule has 1 aliphatic heterocycles. The minimum atomic E-state index is -3.56. The van der Waals surface area contributed by atoms with Crippen molar-refractivity contribution in [3.63, 3.8) is 0 Å². The molecule has 30 heavy (non-hydrogen) atoms. The Hall–Kier alpha value is -2.18. The van der Waals surface area contributed by atoms with Gasteiger partial charge >= 0.3 is 0 Å². The lowest BCUT2D eigenvalue weighted by Crippen LogP contribution is -2.44. The second-order valence-corrected chi connectivity index (χ2v) is 10.2. The van der Waals surface area contributed by atoms with E-state index in [1.807, 2.05) is 75.9 Å². The number of sulfonamides is 1. The van der Waals surface area contributed by atoms with Crippen molar-refractivity contribution in [1.82, 2.24) is 4.31 Å². The molecule has 0 atom stereocenters. The molecule has 0 bridgehead atoms. The molecular weight excluding hydrogens is 396 g/mol. The number of anilines is 1. The van der Waals surface area contributed by atoms with E-state index in [9.17, 15) is 13.2 Å². The fraction of sp³-hybridized carbons (Fsp3) is 0.458. The Kier molecular flexibility index (Phi) is 6.68. The zero-order valence-corrected chi connectivity index (χ0v) is 19.4. The quantitative estimate of drug-likeness (QED) is 0.710. The van der Waals surface area contributed by atoms with Crippen LogP contribution in [-0.2, 0) is 14.8 Å². The summed E-state index contributed by atoms with van der Waals surface area (Å²) in [6, 6.07) is 11.8. The van der Waals surface area contributed by atoms with Crippen LogP contribution in [0.15, 0.2) is 41.3 Å². The highest BCUT2D eigenvalue weighted by Crippen LogP contribution is 2.30. The van der Waals surface area contributed by atoms with Gasteiger partial charge in [0, 0.05) is 31.2 Å². The van der Waals surface area contributed by atoms with Crippen molar-refractivity contribution in [2.75, 3.05) is 24.5 Å². The van der Waals surface area contributed by atoms with Crippen LogP contribution in [-0.4, -0.2) is 38.3 Å². The monoisotopic (exact) mass is 428 g/mol. The molecule has 1 heterocycles. The highest BCUT2D eigenvalue weighted by molar-refractivity contribution is 7.89. The average molecular weight is 429 g/mol. The third-order valence-electron chi connectivity index (χ3n) is 5.90. The molecule has 0 aliphatic carbocycles. The number of amides is 1. The van der Waals surface area contributed by atoms with E-state index < -0.39 is 10.0 Å². The number of hydrogen-bond acceptors (Lipinski definition) is 3. The molecule has 6 heteroatoms. The van der Waals surface area contributed by atoms with E-state index in [2.05, 4.69) is 0 Å². The number of carbonyl (C=O) groups excluding carboxylic acids is 1. The van der Waals surface area contributed by atoms with E-state index in [4.69, 9.17) is 0 Å². The van der Waals surface area contributed by atoms with Gasteiger partial charge in [-0.1, -0.05) is 29.8 Å². The normalized spacial score (nSPS) is 15.9. The van der Waals surface area contributed by atoms with Gasteiger partial charge in [0.1, 0.15) is 0 Å². The largest absolute Gasteiger partial charge is 0.312 e. The van der Waals surface area contributed by atoms with E-state index in [1.54, 1.807) is 4.31 Å². The van der Waals surface area contributed by atoms with Gasteiger partial charge in [-0.3, -0.25) is 4.79 Å². The lowest BCUT2D eigenvalue weighted by atomic mass is 9.96. The summed E-state index contributed by atoms with van der Waals surface area (Å²) in [6.07, 6.45) is 1.09. The van der Waals surface area contributed by atoms with Crippen molar-refractivity contribution >= 4 is 21.6 Å². The Labute approximate surface area is 180 Å². The lowest BCUT2D eigenvalue weighted by Gasteiger charge is -2.34. The van der Waals surface area contributed by atoms with Crippen LogP contribution in [0.1, 0.15) is 42.0 Å². The van der Waals surface area contributed by atoms with Crippen LogP contribution in [0.4, 0.5) is 5.69 Å². The summed E-state index contributed by atoms with van der Waals surface area (Å²) in [5.41, 5.74) is 4.64. The predicted octanol–water partition coefficient (Wildman–Crippen LogP) is 4.37. The molecule has 2 aromatic carbocycles. The second-order valence-electron chi connectivity index (χ2n) is 8.33. The van der Waals surface area contributed by atoms with Gasteiger partial charge in [0.15, 0.2) is 0 Å². The minimum Gasteiger partial charge on any atom is -0.312 e. The molecule has 1 amide bonds. The molecule has 0 N–H and O–H groups in total. The van der Waals surface area contributed by atoms with Crippen molar-refractivity contribution in [1.29, 1.82) is 0 Å². The topological polar surface area (TPSA) is 57.7 Å². The smallest absolute Gasteiger partial charge is 0.243 e. The van der Waals surface area contributed by atoms with E-state index in [1.165, 1.54) is 0 Å². The first-order valence-corrected chi connectivity index (χ1v) is 12.0. The van der Waals surface area contributed by atoms with Crippen molar-refractivity contribution in [2.45, 2.75) is 52.4 Å². The van der Waals surface area contributed by atoms with Crippen LogP contribution in [0.3, 0.4) is 0 Å². The molecule has 0 spiro atoms. The van der Waals surface area contributed by atoms with Gasteiger partial charge in [-0.25, -0.2) is 8.42 Å². The summed E-state index contributed by atoms with van der Waals surface area (Å²) in [6.45, 7) is 11.0. The first kappa shape index (κ1) is 22.5. The molecule has 1 aliphatic rings. The highest BCUT2D eigenvalue weighted by atomic mass is 32.2. The summed E-state index contributed by atoms with van der Waals surface area (Å²) >= 11 is 0. The molecule has 162 valence electrons.